The molecule has 1 unspecified atom stereocenters. The molecule has 4 nitrogen and oxygen atoms in total. The minimum absolute atomic E-state index is 0. The molecular weight excluding hydrogens is 371 g/mol. The quantitative estimate of drug-likeness (QED) is 0.857. The molecule has 1 amide bonds. The molecule has 0 aliphatic carbocycles. The minimum atomic E-state index is -0.178. The Kier molecular flexibility index (Phi) is 7.63. The van der Waals surface area contributed by atoms with Gasteiger partial charge in [0, 0.05) is 29.7 Å². The Balaban J connectivity index is 0.00000208. The zero-order valence-corrected chi connectivity index (χ0v) is 15.8. The molecule has 2 fully saturated rings. The van der Waals surface area contributed by atoms with Gasteiger partial charge in [-0.05, 0) is 48.9 Å². The highest BCUT2D eigenvalue weighted by Crippen LogP contribution is 2.27. The van der Waals surface area contributed by atoms with Crippen molar-refractivity contribution < 1.29 is 9.53 Å². The van der Waals surface area contributed by atoms with Crippen molar-refractivity contribution in [3.05, 3.63) is 33.8 Å². The summed E-state index contributed by atoms with van der Waals surface area (Å²) in [5.41, 5.74) is 1.10. The monoisotopic (exact) mass is 392 g/mol. The predicted octanol–water partition coefficient (Wildman–Crippen LogP) is 3.18. The van der Waals surface area contributed by atoms with Crippen LogP contribution in [0.15, 0.2) is 18.2 Å². The van der Waals surface area contributed by atoms with Gasteiger partial charge in [-0.1, -0.05) is 23.2 Å². The molecule has 2 heterocycles. The van der Waals surface area contributed by atoms with E-state index in [4.69, 9.17) is 27.9 Å². The number of carbonyl (C=O) groups excluding carboxylic acids is 1. The molecule has 1 N–H and O–H groups in total. The van der Waals surface area contributed by atoms with Crippen LogP contribution in [0.5, 0.6) is 0 Å². The maximum Gasteiger partial charge on any atom is 0.242 e. The molecule has 134 valence electrons. The molecule has 0 aromatic heterocycles. The summed E-state index contributed by atoms with van der Waals surface area (Å²) in [4.78, 5) is 14.4. The van der Waals surface area contributed by atoms with Gasteiger partial charge in [0.1, 0.15) is 6.04 Å². The standard InChI is InChI=1S/C17H22Cl2N2O2.ClH/c18-14-1-2-15(19)13(10-14)9-12-3-6-21(7-4-12)17(22)16-11-23-8-5-20-16;/h1-2,10,12,16,20H,3-9,11H2;1H. The van der Waals surface area contributed by atoms with Gasteiger partial charge in [-0.25, -0.2) is 0 Å². The zero-order chi connectivity index (χ0) is 16.2. The second-order valence-corrected chi connectivity index (χ2v) is 7.13. The number of ether oxygens (including phenoxy) is 1. The number of nitrogens with zero attached hydrogens (tertiary/aromatic N) is 1. The van der Waals surface area contributed by atoms with E-state index in [1.807, 2.05) is 23.1 Å². The van der Waals surface area contributed by atoms with Crippen molar-refractivity contribution in [2.45, 2.75) is 25.3 Å². The molecule has 1 atom stereocenters. The molecule has 2 aliphatic heterocycles. The summed E-state index contributed by atoms with van der Waals surface area (Å²) in [6.07, 6.45) is 2.93. The van der Waals surface area contributed by atoms with E-state index < -0.39 is 0 Å². The Morgan fingerprint density at radius 1 is 1.29 bits per heavy atom. The summed E-state index contributed by atoms with van der Waals surface area (Å²) in [6, 6.07) is 5.44. The molecule has 1 aromatic carbocycles. The van der Waals surface area contributed by atoms with Gasteiger partial charge in [-0.3, -0.25) is 4.79 Å². The van der Waals surface area contributed by atoms with Gasteiger partial charge in [-0.15, -0.1) is 12.4 Å². The summed E-state index contributed by atoms with van der Waals surface area (Å²) in [6.45, 7) is 3.53. The first-order chi connectivity index (χ1) is 11.1. The van der Waals surface area contributed by atoms with E-state index in [0.29, 0.717) is 19.1 Å². The molecule has 2 aliphatic rings. The molecule has 3 rings (SSSR count). The third kappa shape index (κ3) is 4.99. The van der Waals surface area contributed by atoms with Gasteiger partial charge < -0.3 is 15.0 Å². The van der Waals surface area contributed by atoms with Crippen LogP contribution in [0.4, 0.5) is 0 Å². The molecule has 1 aromatic rings. The molecule has 24 heavy (non-hydrogen) atoms. The van der Waals surface area contributed by atoms with Crippen molar-refractivity contribution in [1.82, 2.24) is 10.2 Å². The lowest BCUT2D eigenvalue weighted by atomic mass is 9.90. The van der Waals surface area contributed by atoms with Gasteiger partial charge in [0.15, 0.2) is 0 Å². The molecule has 7 heteroatoms. The fourth-order valence-corrected chi connectivity index (χ4v) is 3.70. The van der Waals surface area contributed by atoms with Crippen LogP contribution in [0.1, 0.15) is 18.4 Å². The lowest BCUT2D eigenvalue weighted by Crippen LogP contribution is -2.54. The number of piperidine rings is 1. The second kappa shape index (κ2) is 9.25. The highest BCUT2D eigenvalue weighted by atomic mass is 35.5. The number of hydrogen-bond acceptors (Lipinski definition) is 3. The van der Waals surface area contributed by atoms with Crippen molar-refractivity contribution in [2.75, 3.05) is 32.8 Å². The van der Waals surface area contributed by atoms with Gasteiger partial charge in [-0.2, -0.15) is 0 Å². The molecule has 2 saturated heterocycles. The number of carbonyl (C=O) groups is 1. The smallest absolute Gasteiger partial charge is 0.242 e. The first-order valence-electron chi connectivity index (χ1n) is 8.17. The summed E-state index contributed by atoms with van der Waals surface area (Å²) in [7, 11) is 0. The van der Waals surface area contributed by atoms with Crippen molar-refractivity contribution in [3.8, 4) is 0 Å². The average molecular weight is 394 g/mol. The van der Waals surface area contributed by atoms with E-state index in [9.17, 15) is 4.79 Å². The number of halogens is 3. The largest absolute Gasteiger partial charge is 0.378 e. The Bertz CT molecular complexity index is 557. The third-order valence-electron chi connectivity index (χ3n) is 4.66. The summed E-state index contributed by atoms with van der Waals surface area (Å²) in [5.74, 6) is 0.717. The molecule has 0 spiro atoms. The van der Waals surface area contributed by atoms with Crippen LogP contribution < -0.4 is 5.32 Å². The zero-order valence-electron chi connectivity index (χ0n) is 13.5. The Labute approximate surface area is 159 Å². The van der Waals surface area contributed by atoms with Gasteiger partial charge in [0.25, 0.3) is 0 Å². The van der Waals surface area contributed by atoms with Gasteiger partial charge in [0.2, 0.25) is 5.91 Å². The van der Waals surface area contributed by atoms with E-state index in [1.54, 1.807) is 0 Å². The Hall–Kier alpha value is -0.520. The number of likely N-dealkylation sites (tertiary alicyclic amines) is 1. The normalized spacial score (nSPS) is 22.1. The highest BCUT2D eigenvalue weighted by molar-refractivity contribution is 6.33. The Morgan fingerprint density at radius 3 is 2.71 bits per heavy atom. The summed E-state index contributed by atoms with van der Waals surface area (Å²) < 4.78 is 5.38. The lowest BCUT2D eigenvalue weighted by Gasteiger charge is -2.35. The average Bonchev–Trinajstić information content (AvgIpc) is 2.59. The number of hydrogen-bond donors (Lipinski definition) is 1. The molecule has 0 bridgehead atoms. The van der Waals surface area contributed by atoms with E-state index in [1.165, 1.54) is 0 Å². The van der Waals surface area contributed by atoms with Crippen LogP contribution in [0.25, 0.3) is 0 Å². The number of morpholine rings is 1. The first kappa shape index (κ1) is 19.8. The number of nitrogens with one attached hydrogen (secondary N) is 1. The lowest BCUT2D eigenvalue weighted by molar-refractivity contribution is -0.137. The summed E-state index contributed by atoms with van der Waals surface area (Å²) in [5, 5.41) is 4.73. The molecule has 0 radical (unpaired) electrons. The number of rotatable bonds is 3. The van der Waals surface area contributed by atoms with E-state index in [-0.39, 0.29) is 24.4 Å². The summed E-state index contributed by atoms with van der Waals surface area (Å²) >= 11 is 12.3. The van der Waals surface area contributed by atoms with Gasteiger partial charge >= 0.3 is 0 Å². The van der Waals surface area contributed by atoms with Crippen LogP contribution in [0, 0.1) is 5.92 Å². The number of benzene rings is 1. The topological polar surface area (TPSA) is 41.6 Å². The number of amides is 1. The van der Waals surface area contributed by atoms with Crippen molar-refractivity contribution in [1.29, 1.82) is 0 Å². The van der Waals surface area contributed by atoms with Crippen molar-refractivity contribution >= 4 is 41.5 Å². The third-order valence-corrected chi connectivity index (χ3v) is 5.27. The fourth-order valence-electron chi connectivity index (χ4n) is 3.31. The molecule has 0 saturated carbocycles. The van der Waals surface area contributed by atoms with Crippen LogP contribution in [0.3, 0.4) is 0 Å². The van der Waals surface area contributed by atoms with E-state index in [2.05, 4.69) is 5.32 Å². The van der Waals surface area contributed by atoms with Crippen molar-refractivity contribution in [3.63, 3.8) is 0 Å². The van der Waals surface area contributed by atoms with E-state index >= 15 is 0 Å². The second-order valence-electron chi connectivity index (χ2n) is 6.29. The SMILES string of the molecule is Cl.O=C(C1COCCN1)N1CCC(Cc2cc(Cl)ccc2Cl)CC1. The van der Waals surface area contributed by atoms with Crippen LogP contribution in [-0.4, -0.2) is 49.7 Å². The predicted molar refractivity (Wildman–Crippen MR) is 99.3 cm³/mol. The van der Waals surface area contributed by atoms with Gasteiger partial charge in [0.05, 0.1) is 13.2 Å². The maximum atomic E-state index is 12.5. The highest BCUT2D eigenvalue weighted by Gasteiger charge is 2.29. The first-order valence-corrected chi connectivity index (χ1v) is 8.93. The maximum absolute atomic E-state index is 12.5. The minimum Gasteiger partial charge on any atom is -0.378 e. The molecular formula is C17H23Cl3N2O2. The van der Waals surface area contributed by atoms with Crippen LogP contribution >= 0.6 is 35.6 Å². The van der Waals surface area contributed by atoms with E-state index in [0.717, 1.165) is 54.5 Å². The van der Waals surface area contributed by atoms with Crippen molar-refractivity contribution in [2.24, 2.45) is 5.92 Å². The fraction of sp³-hybridized carbons (Fsp3) is 0.588. The Morgan fingerprint density at radius 2 is 2.04 bits per heavy atom. The van der Waals surface area contributed by atoms with Crippen LogP contribution in [-0.2, 0) is 16.0 Å². The van der Waals surface area contributed by atoms with Crippen LogP contribution in [0.2, 0.25) is 10.0 Å².